The minimum Gasteiger partial charge on any atom is -0.371 e. The third-order valence-electron chi connectivity index (χ3n) is 3.53. The summed E-state index contributed by atoms with van der Waals surface area (Å²) >= 11 is 3.46. The van der Waals surface area contributed by atoms with E-state index in [0.717, 1.165) is 41.2 Å². The summed E-state index contributed by atoms with van der Waals surface area (Å²) in [5.41, 5.74) is 3.38. The quantitative estimate of drug-likeness (QED) is 0.891. The van der Waals surface area contributed by atoms with Crippen LogP contribution in [0.1, 0.15) is 17.2 Å². The molecule has 1 atom stereocenters. The number of benzene rings is 1. The van der Waals surface area contributed by atoms with E-state index in [0.29, 0.717) is 0 Å². The Morgan fingerprint density at radius 2 is 2.14 bits per heavy atom. The van der Waals surface area contributed by atoms with Gasteiger partial charge in [0.2, 0.25) is 0 Å². The van der Waals surface area contributed by atoms with E-state index in [4.69, 9.17) is 4.74 Å². The lowest BCUT2D eigenvalue weighted by Crippen LogP contribution is -2.33. The lowest BCUT2D eigenvalue weighted by molar-refractivity contribution is 0.0277. The summed E-state index contributed by atoms with van der Waals surface area (Å²) < 4.78 is 6.77. The smallest absolute Gasteiger partial charge is 0.130 e. The van der Waals surface area contributed by atoms with E-state index in [1.54, 1.807) is 0 Å². The lowest BCUT2D eigenvalue weighted by atomic mass is 10.1. The average Bonchev–Trinajstić information content (AvgIpc) is 2.53. The second-order valence-electron chi connectivity index (χ2n) is 5.13. The topological polar surface area (TPSA) is 46.2 Å². The molecule has 1 aliphatic heterocycles. The number of halogens is 1. The molecule has 1 fully saturated rings. The molecule has 0 spiro atoms. The molecule has 0 aliphatic carbocycles. The normalized spacial score (nSPS) is 18.5. The molecule has 1 aliphatic rings. The SMILES string of the molecule is Cc1cc(Nc2ccc([C@H]3CNCCO3)cc2)ncc1Br. The van der Waals surface area contributed by atoms with Crippen molar-refractivity contribution in [1.29, 1.82) is 0 Å². The van der Waals surface area contributed by atoms with Crippen LogP contribution < -0.4 is 10.6 Å². The van der Waals surface area contributed by atoms with Gasteiger partial charge < -0.3 is 15.4 Å². The Morgan fingerprint density at radius 3 is 2.81 bits per heavy atom. The number of anilines is 2. The highest BCUT2D eigenvalue weighted by Crippen LogP contribution is 2.23. The van der Waals surface area contributed by atoms with Gasteiger partial charge in [0, 0.05) is 29.4 Å². The Hall–Kier alpha value is -1.43. The summed E-state index contributed by atoms with van der Waals surface area (Å²) in [6, 6.07) is 10.3. The zero-order valence-electron chi connectivity index (χ0n) is 11.9. The summed E-state index contributed by atoms with van der Waals surface area (Å²) in [6.07, 6.45) is 1.97. The number of aryl methyl sites for hydroxylation is 1. The van der Waals surface area contributed by atoms with E-state index in [2.05, 4.69) is 55.8 Å². The molecule has 21 heavy (non-hydrogen) atoms. The maximum Gasteiger partial charge on any atom is 0.130 e. The first kappa shape index (κ1) is 14.5. The predicted molar refractivity (Wildman–Crippen MR) is 88.0 cm³/mol. The van der Waals surface area contributed by atoms with Crippen molar-refractivity contribution in [2.45, 2.75) is 13.0 Å². The van der Waals surface area contributed by atoms with E-state index in [-0.39, 0.29) is 6.10 Å². The molecule has 0 unspecified atom stereocenters. The van der Waals surface area contributed by atoms with Crippen molar-refractivity contribution < 1.29 is 4.74 Å². The maximum atomic E-state index is 5.75. The van der Waals surface area contributed by atoms with Crippen LogP contribution in [0.4, 0.5) is 11.5 Å². The van der Waals surface area contributed by atoms with Crippen LogP contribution in [0.15, 0.2) is 41.0 Å². The van der Waals surface area contributed by atoms with Gasteiger partial charge in [0.25, 0.3) is 0 Å². The second-order valence-corrected chi connectivity index (χ2v) is 5.98. The van der Waals surface area contributed by atoms with Crippen molar-refractivity contribution in [2.75, 3.05) is 25.0 Å². The number of hydrogen-bond acceptors (Lipinski definition) is 4. The summed E-state index contributed by atoms with van der Waals surface area (Å²) in [7, 11) is 0. The van der Waals surface area contributed by atoms with Crippen molar-refractivity contribution in [3.8, 4) is 0 Å². The molecule has 0 saturated carbocycles. The molecule has 5 heteroatoms. The van der Waals surface area contributed by atoms with Gasteiger partial charge in [-0.1, -0.05) is 12.1 Å². The summed E-state index contributed by atoms with van der Waals surface area (Å²) in [5.74, 6) is 0.846. The van der Waals surface area contributed by atoms with Crippen LogP contribution in [0.25, 0.3) is 0 Å². The molecular weight excluding hydrogens is 330 g/mol. The van der Waals surface area contributed by atoms with Gasteiger partial charge in [0.1, 0.15) is 5.82 Å². The molecule has 3 rings (SSSR count). The number of aromatic nitrogens is 1. The Kier molecular flexibility index (Phi) is 4.53. The van der Waals surface area contributed by atoms with Crippen LogP contribution in [-0.2, 0) is 4.74 Å². The molecule has 2 N–H and O–H groups in total. The Bertz CT molecular complexity index is 609. The molecule has 1 aromatic heterocycles. The fourth-order valence-electron chi connectivity index (χ4n) is 2.32. The molecular formula is C16H18BrN3O. The van der Waals surface area contributed by atoms with E-state index in [1.807, 2.05) is 19.2 Å². The fraction of sp³-hybridized carbons (Fsp3) is 0.312. The van der Waals surface area contributed by atoms with Gasteiger partial charge in [0.05, 0.1) is 12.7 Å². The standard InChI is InChI=1S/C16H18BrN3O/c1-11-8-16(19-9-14(11)17)20-13-4-2-12(3-5-13)15-10-18-6-7-21-15/h2-5,8-9,15,18H,6-7,10H2,1H3,(H,19,20)/t15-/m1/s1. The van der Waals surface area contributed by atoms with E-state index < -0.39 is 0 Å². The Morgan fingerprint density at radius 1 is 1.33 bits per heavy atom. The van der Waals surface area contributed by atoms with Crippen LogP contribution in [-0.4, -0.2) is 24.7 Å². The van der Waals surface area contributed by atoms with Gasteiger partial charge in [-0.15, -0.1) is 0 Å². The number of ether oxygens (including phenoxy) is 1. The number of nitrogens with zero attached hydrogens (tertiary/aromatic N) is 1. The van der Waals surface area contributed by atoms with Gasteiger partial charge in [-0.05, 0) is 52.2 Å². The summed E-state index contributed by atoms with van der Waals surface area (Å²) in [4.78, 5) is 4.35. The van der Waals surface area contributed by atoms with Gasteiger partial charge in [0.15, 0.2) is 0 Å². The van der Waals surface area contributed by atoms with Gasteiger partial charge >= 0.3 is 0 Å². The van der Waals surface area contributed by atoms with Crippen LogP contribution >= 0.6 is 15.9 Å². The maximum absolute atomic E-state index is 5.75. The number of morpholine rings is 1. The summed E-state index contributed by atoms with van der Waals surface area (Å²) in [5, 5.41) is 6.66. The zero-order chi connectivity index (χ0) is 14.7. The molecule has 0 radical (unpaired) electrons. The van der Waals surface area contributed by atoms with Crippen molar-refractivity contribution >= 4 is 27.4 Å². The first-order chi connectivity index (χ1) is 10.2. The molecule has 110 valence electrons. The van der Waals surface area contributed by atoms with E-state index in [9.17, 15) is 0 Å². The Balaban J connectivity index is 1.70. The van der Waals surface area contributed by atoms with Crippen molar-refractivity contribution in [1.82, 2.24) is 10.3 Å². The van der Waals surface area contributed by atoms with Gasteiger partial charge in [-0.2, -0.15) is 0 Å². The Labute approximate surface area is 133 Å². The first-order valence-corrected chi connectivity index (χ1v) is 7.83. The molecule has 1 saturated heterocycles. The minimum atomic E-state index is 0.154. The van der Waals surface area contributed by atoms with Crippen molar-refractivity contribution in [3.63, 3.8) is 0 Å². The van der Waals surface area contributed by atoms with Crippen LogP contribution in [0, 0.1) is 6.92 Å². The van der Waals surface area contributed by atoms with Crippen LogP contribution in [0.5, 0.6) is 0 Å². The number of pyridine rings is 1. The molecule has 0 bridgehead atoms. The minimum absolute atomic E-state index is 0.154. The largest absolute Gasteiger partial charge is 0.371 e. The predicted octanol–water partition coefficient (Wildman–Crippen LogP) is 3.56. The van der Waals surface area contributed by atoms with Crippen LogP contribution in [0.2, 0.25) is 0 Å². The van der Waals surface area contributed by atoms with Gasteiger partial charge in [-0.3, -0.25) is 0 Å². The van der Waals surface area contributed by atoms with Crippen LogP contribution in [0.3, 0.4) is 0 Å². The lowest BCUT2D eigenvalue weighted by Gasteiger charge is -2.24. The monoisotopic (exact) mass is 347 g/mol. The summed E-state index contributed by atoms with van der Waals surface area (Å²) in [6.45, 7) is 4.63. The molecule has 4 nitrogen and oxygen atoms in total. The fourth-order valence-corrected chi connectivity index (χ4v) is 2.53. The molecule has 0 amide bonds. The highest BCUT2D eigenvalue weighted by Gasteiger charge is 2.15. The number of rotatable bonds is 3. The average molecular weight is 348 g/mol. The van der Waals surface area contributed by atoms with Crippen molar-refractivity contribution in [3.05, 3.63) is 52.1 Å². The molecule has 2 heterocycles. The van der Waals surface area contributed by atoms with Crippen molar-refractivity contribution in [2.24, 2.45) is 0 Å². The number of nitrogens with one attached hydrogen (secondary N) is 2. The third-order valence-corrected chi connectivity index (χ3v) is 4.36. The molecule has 2 aromatic rings. The highest BCUT2D eigenvalue weighted by molar-refractivity contribution is 9.10. The van der Waals surface area contributed by atoms with Gasteiger partial charge in [-0.25, -0.2) is 4.98 Å². The van der Waals surface area contributed by atoms with E-state index in [1.165, 1.54) is 5.56 Å². The number of hydrogen-bond donors (Lipinski definition) is 2. The zero-order valence-corrected chi connectivity index (χ0v) is 13.5. The van der Waals surface area contributed by atoms with E-state index >= 15 is 0 Å². The first-order valence-electron chi connectivity index (χ1n) is 7.04. The third kappa shape index (κ3) is 3.61. The molecule has 1 aromatic carbocycles. The highest BCUT2D eigenvalue weighted by atomic mass is 79.9. The second kappa shape index (κ2) is 6.56.